The van der Waals surface area contributed by atoms with Gasteiger partial charge in [0.25, 0.3) is 0 Å². The molecule has 1 aromatic rings. The van der Waals surface area contributed by atoms with Crippen molar-refractivity contribution in [3.63, 3.8) is 0 Å². The van der Waals surface area contributed by atoms with Crippen LogP contribution in [0.5, 0.6) is 0 Å². The Hall–Kier alpha value is -1.83. The van der Waals surface area contributed by atoms with Crippen molar-refractivity contribution in [3.8, 4) is 0 Å². The van der Waals surface area contributed by atoms with Crippen LogP contribution in [0.25, 0.3) is 0 Å². The van der Waals surface area contributed by atoms with Crippen LogP contribution in [-0.2, 0) is 16.0 Å². The average molecular weight is 216 g/mol. The molecule has 0 aromatic heterocycles. The molecule has 0 N–H and O–H groups in total. The number of carbonyl (C=O) groups is 1. The minimum absolute atomic E-state index is 0.297. The fraction of sp³-hybridized carbons (Fsp3) is 0.214. The third kappa shape index (κ3) is 5.15. The second-order valence-corrected chi connectivity index (χ2v) is 3.29. The van der Waals surface area contributed by atoms with E-state index in [2.05, 4.69) is 0 Å². The second-order valence-electron chi connectivity index (χ2n) is 3.29. The monoisotopic (exact) mass is 216 g/mol. The van der Waals surface area contributed by atoms with Gasteiger partial charge >= 0.3 is 5.97 Å². The van der Waals surface area contributed by atoms with Gasteiger partial charge in [0.2, 0.25) is 0 Å². The summed E-state index contributed by atoms with van der Waals surface area (Å²) in [5.74, 6) is -0.297. The van der Waals surface area contributed by atoms with E-state index in [0.29, 0.717) is 6.61 Å². The van der Waals surface area contributed by atoms with Gasteiger partial charge in [0, 0.05) is 12.5 Å². The normalized spacial score (nSPS) is 11.1. The molecule has 84 valence electrons. The summed E-state index contributed by atoms with van der Waals surface area (Å²) in [6.45, 7) is 2.31. The van der Waals surface area contributed by atoms with Gasteiger partial charge in [-0.3, -0.25) is 0 Å². The minimum atomic E-state index is -0.297. The maximum atomic E-state index is 11.2. The highest BCUT2D eigenvalue weighted by atomic mass is 16.5. The molecule has 0 bridgehead atoms. The van der Waals surface area contributed by atoms with Crippen molar-refractivity contribution < 1.29 is 9.53 Å². The molecule has 0 radical (unpaired) electrons. The fourth-order valence-corrected chi connectivity index (χ4v) is 1.21. The molecule has 0 heterocycles. The topological polar surface area (TPSA) is 26.3 Å². The molecule has 0 aliphatic carbocycles. The lowest BCUT2D eigenvalue weighted by Crippen LogP contribution is -2.04. The van der Waals surface area contributed by atoms with E-state index in [-0.39, 0.29) is 5.97 Å². The third-order valence-electron chi connectivity index (χ3n) is 2.01. The van der Waals surface area contributed by atoms with Crippen molar-refractivity contribution in [2.45, 2.75) is 13.3 Å². The van der Waals surface area contributed by atoms with Crippen molar-refractivity contribution >= 4 is 5.97 Å². The van der Waals surface area contributed by atoms with E-state index in [1.165, 1.54) is 11.6 Å². The number of esters is 1. The SMILES string of the molecule is C/C=C/C=C/C(=O)OCCc1ccccc1. The van der Waals surface area contributed by atoms with Crippen molar-refractivity contribution in [1.82, 2.24) is 0 Å². The van der Waals surface area contributed by atoms with E-state index < -0.39 is 0 Å². The van der Waals surface area contributed by atoms with Crippen molar-refractivity contribution in [1.29, 1.82) is 0 Å². The van der Waals surface area contributed by atoms with Gasteiger partial charge in [-0.1, -0.05) is 48.6 Å². The molecule has 16 heavy (non-hydrogen) atoms. The first-order chi connectivity index (χ1) is 7.83. The van der Waals surface area contributed by atoms with Crippen molar-refractivity contribution in [2.75, 3.05) is 6.61 Å². The van der Waals surface area contributed by atoms with E-state index in [9.17, 15) is 4.79 Å². The molecule has 0 atom stereocenters. The molecular formula is C14H16O2. The standard InChI is InChI=1S/C14H16O2/c1-2-3-5-10-14(15)16-12-11-13-8-6-4-7-9-13/h2-10H,11-12H2,1H3/b3-2+,10-5+. The maximum absolute atomic E-state index is 11.2. The molecule has 0 aliphatic heterocycles. The van der Waals surface area contributed by atoms with Gasteiger partial charge in [-0.15, -0.1) is 0 Å². The summed E-state index contributed by atoms with van der Waals surface area (Å²) in [7, 11) is 0. The third-order valence-corrected chi connectivity index (χ3v) is 2.01. The van der Waals surface area contributed by atoms with Gasteiger partial charge in [0.15, 0.2) is 0 Å². The Morgan fingerprint density at radius 3 is 2.69 bits per heavy atom. The molecule has 2 heteroatoms. The molecule has 0 saturated heterocycles. The van der Waals surface area contributed by atoms with Crippen LogP contribution >= 0.6 is 0 Å². The number of hydrogen-bond acceptors (Lipinski definition) is 2. The minimum Gasteiger partial charge on any atom is -0.462 e. The molecular weight excluding hydrogens is 200 g/mol. The Morgan fingerprint density at radius 1 is 1.25 bits per heavy atom. The first-order valence-electron chi connectivity index (χ1n) is 5.33. The lowest BCUT2D eigenvalue weighted by Gasteiger charge is -2.01. The van der Waals surface area contributed by atoms with Gasteiger partial charge in [-0.25, -0.2) is 4.79 Å². The lowest BCUT2D eigenvalue weighted by atomic mass is 10.2. The van der Waals surface area contributed by atoms with Crippen LogP contribution in [0.4, 0.5) is 0 Å². The Bertz CT molecular complexity index is 364. The molecule has 0 spiro atoms. The van der Waals surface area contributed by atoms with E-state index in [4.69, 9.17) is 4.74 Å². The van der Waals surface area contributed by atoms with Crippen LogP contribution in [0, 0.1) is 0 Å². The molecule has 0 fully saturated rings. The van der Waals surface area contributed by atoms with Crippen LogP contribution in [-0.4, -0.2) is 12.6 Å². The quantitative estimate of drug-likeness (QED) is 0.430. The predicted octanol–water partition coefficient (Wildman–Crippen LogP) is 2.90. The molecule has 2 nitrogen and oxygen atoms in total. The number of rotatable bonds is 5. The van der Waals surface area contributed by atoms with Crippen LogP contribution in [0.1, 0.15) is 12.5 Å². The molecule has 0 unspecified atom stereocenters. The van der Waals surface area contributed by atoms with E-state index in [0.717, 1.165) is 6.42 Å². The summed E-state index contributed by atoms with van der Waals surface area (Å²) in [6.07, 6.45) is 7.49. The summed E-state index contributed by atoms with van der Waals surface area (Å²) in [5.41, 5.74) is 1.17. The zero-order chi connectivity index (χ0) is 11.6. The van der Waals surface area contributed by atoms with E-state index in [1.807, 2.05) is 43.3 Å². The number of ether oxygens (including phenoxy) is 1. The van der Waals surface area contributed by atoms with Crippen molar-refractivity contribution in [2.24, 2.45) is 0 Å². The number of hydrogen-bond donors (Lipinski definition) is 0. The zero-order valence-corrected chi connectivity index (χ0v) is 9.43. The van der Waals surface area contributed by atoms with E-state index in [1.54, 1.807) is 12.2 Å². The Kier molecular flexibility index (Phi) is 5.71. The maximum Gasteiger partial charge on any atom is 0.330 e. The van der Waals surface area contributed by atoms with Gasteiger partial charge in [-0.2, -0.15) is 0 Å². The smallest absolute Gasteiger partial charge is 0.330 e. The summed E-state index contributed by atoms with van der Waals surface area (Å²) in [6, 6.07) is 9.95. The Morgan fingerprint density at radius 2 is 2.00 bits per heavy atom. The number of carbonyl (C=O) groups excluding carboxylic acids is 1. The van der Waals surface area contributed by atoms with Gasteiger partial charge < -0.3 is 4.74 Å². The fourth-order valence-electron chi connectivity index (χ4n) is 1.21. The molecule has 0 saturated carbocycles. The van der Waals surface area contributed by atoms with Gasteiger partial charge in [0.1, 0.15) is 0 Å². The Balaban J connectivity index is 2.23. The second kappa shape index (κ2) is 7.46. The first kappa shape index (κ1) is 12.2. The summed E-state index contributed by atoms with van der Waals surface area (Å²) in [5, 5.41) is 0. The zero-order valence-electron chi connectivity index (χ0n) is 9.43. The highest BCUT2D eigenvalue weighted by molar-refractivity contribution is 5.82. The Labute approximate surface area is 96.2 Å². The molecule has 1 rings (SSSR count). The lowest BCUT2D eigenvalue weighted by molar-refractivity contribution is -0.137. The number of allylic oxidation sites excluding steroid dienone is 3. The predicted molar refractivity (Wildman–Crippen MR) is 65.1 cm³/mol. The largest absolute Gasteiger partial charge is 0.462 e. The highest BCUT2D eigenvalue weighted by Crippen LogP contribution is 1.99. The van der Waals surface area contributed by atoms with Gasteiger partial charge in [0.05, 0.1) is 6.61 Å². The summed E-state index contributed by atoms with van der Waals surface area (Å²) in [4.78, 5) is 11.2. The molecule has 0 aliphatic rings. The van der Waals surface area contributed by atoms with Crippen molar-refractivity contribution in [3.05, 3.63) is 60.2 Å². The van der Waals surface area contributed by atoms with Crippen LogP contribution in [0.2, 0.25) is 0 Å². The first-order valence-corrected chi connectivity index (χ1v) is 5.33. The number of benzene rings is 1. The van der Waals surface area contributed by atoms with Gasteiger partial charge in [-0.05, 0) is 12.5 Å². The molecule has 0 amide bonds. The van der Waals surface area contributed by atoms with Crippen LogP contribution in [0.3, 0.4) is 0 Å². The highest BCUT2D eigenvalue weighted by Gasteiger charge is 1.96. The summed E-state index contributed by atoms with van der Waals surface area (Å²) >= 11 is 0. The van der Waals surface area contributed by atoms with Crippen LogP contribution < -0.4 is 0 Å². The molecule has 1 aromatic carbocycles. The van der Waals surface area contributed by atoms with Crippen LogP contribution in [0.15, 0.2) is 54.6 Å². The summed E-state index contributed by atoms with van der Waals surface area (Å²) < 4.78 is 5.03. The average Bonchev–Trinajstić information content (AvgIpc) is 2.31. The van der Waals surface area contributed by atoms with E-state index >= 15 is 0 Å².